The molecule has 0 saturated heterocycles. The number of primary amides is 1. The summed E-state index contributed by atoms with van der Waals surface area (Å²) in [7, 11) is 0. The van der Waals surface area contributed by atoms with E-state index < -0.39 is 5.91 Å². The van der Waals surface area contributed by atoms with Gasteiger partial charge in [0.2, 0.25) is 0 Å². The number of hydrogen-bond donors (Lipinski definition) is 2. The molecule has 0 radical (unpaired) electrons. The van der Waals surface area contributed by atoms with E-state index in [0.717, 1.165) is 12.3 Å². The van der Waals surface area contributed by atoms with Crippen molar-refractivity contribution in [3.8, 4) is 0 Å². The Kier molecular flexibility index (Phi) is 6.98. The zero-order chi connectivity index (χ0) is 21.7. The molecule has 1 saturated carbocycles. The number of fused-ring (bicyclic) bond motifs is 1. The van der Waals surface area contributed by atoms with E-state index in [1.165, 1.54) is 55.3 Å². The van der Waals surface area contributed by atoms with Gasteiger partial charge in [-0.25, -0.2) is 4.39 Å². The van der Waals surface area contributed by atoms with Crippen molar-refractivity contribution in [3.63, 3.8) is 0 Å². The Hall–Kier alpha value is -3.02. The minimum absolute atomic E-state index is 0.00403. The van der Waals surface area contributed by atoms with Crippen molar-refractivity contribution in [1.82, 2.24) is 9.97 Å². The number of carbonyl (C=O) groups excluding carboxylic acids is 1. The minimum atomic E-state index is -0.702. The first-order valence-corrected chi connectivity index (χ1v) is 10.4. The largest absolute Gasteiger partial charge is 0.364 e. The van der Waals surface area contributed by atoms with E-state index in [0.29, 0.717) is 11.4 Å². The van der Waals surface area contributed by atoms with E-state index >= 15 is 0 Å². The highest BCUT2D eigenvalue weighted by molar-refractivity contribution is 6.03. The van der Waals surface area contributed by atoms with Crippen LogP contribution in [0.25, 0.3) is 10.9 Å². The number of aromatic nitrogens is 2. The SMILES string of the molecule is CCc1cc(F)ccc1[C@@H]1CCC[C@H](C)C1.NC(=O)c1nccc2[nH]ccc(=O)c12. The molecular formula is C24H28FN3O2. The van der Waals surface area contributed by atoms with Gasteiger partial charge in [0.1, 0.15) is 11.5 Å². The van der Waals surface area contributed by atoms with Crippen molar-refractivity contribution >= 4 is 16.8 Å². The molecule has 0 bridgehead atoms. The van der Waals surface area contributed by atoms with E-state index in [1.54, 1.807) is 18.2 Å². The van der Waals surface area contributed by atoms with Crippen molar-refractivity contribution in [2.24, 2.45) is 11.7 Å². The van der Waals surface area contributed by atoms with Crippen molar-refractivity contribution < 1.29 is 9.18 Å². The first-order chi connectivity index (χ1) is 14.4. The van der Waals surface area contributed by atoms with Crippen LogP contribution in [0, 0.1) is 11.7 Å². The molecule has 4 rings (SSSR count). The van der Waals surface area contributed by atoms with Gasteiger partial charge < -0.3 is 10.7 Å². The van der Waals surface area contributed by atoms with Gasteiger partial charge in [-0.2, -0.15) is 0 Å². The van der Waals surface area contributed by atoms with Gasteiger partial charge in [0.05, 0.1) is 10.9 Å². The lowest BCUT2D eigenvalue weighted by molar-refractivity contribution is 0.0997. The second-order valence-corrected chi connectivity index (χ2v) is 7.95. The standard InChI is InChI=1S/C15H21F.C9H7N3O2/c1-3-12-10-14(16)7-8-15(12)13-6-4-5-11(2)9-13;10-9(14)8-7-5(1-3-12-8)11-4-2-6(7)13/h7-8,10-11,13H,3-6,9H2,1-2H3;1-4H,(H2,10,14)(H,11,13)/t11-,13+;/m0./s1. The van der Waals surface area contributed by atoms with Gasteiger partial charge in [-0.3, -0.25) is 14.6 Å². The minimum Gasteiger partial charge on any atom is -0.364 e. The number of hydrogen-bond acceptors (Lipinski definition) is 3. The Bertz CT molecular complexity index is 1090. The van der Waals surface area contributed by atoms with Crippen LogP contribution in [0.5, 0.6) is 0 Å². The summed E-state index contributed by atoms with van der Waals surface area (Å²) in [5.41, 5.74) is 8.00. The topological polar surface area (TPSA) is 88.8 Å². The Labute approximate surface area is 175 Å². The van der Waals surface area contributed by atoms with Crippen LogP contribution in [-0.4, -0.2) is 15.9 Å². The van der Waals surface area contributed by atoms with Crippen LogP contribution in [0.15, 0.2) is 47.5 Å². The number of benzene rings is 1. The van der Waals surface area contributed by atoms with Crippen LogP contribution in [-0.2, 0) is 6.42 Å². The summed E-state index contributed by atoms with van der Waals surface area (Å²) in [6.45, 7) is 4.45. The van der Waals surface area contributed by atoms with Crippen LogP contribution >= 0.6 is 0 Å². The van der Waals surface area contributed by atoms with Gasteiger partial charge in [0.15, 0.2) is 5.43 Å². The molecule has 0 aliphatic heterocycles. The molecule has 3 aromatic rings. The highest BCUT2D eigenvalue weighted by Gasteiger charge is 2.22. The highest BCUT2D eigenvalue weighted by Crippen LogP contribution is 2.37. The quantitative estimate of drug-likeness (QED) is 0.657. The zero-order valence-corrected chi connectivity index (χ0v) is 17.5. The fourth-order valence-electron chi connectivity index (χ4n) is 4.30. The molecule has 0 spiro atoms. The molecule has 2 heterocycles. The summed E-state index contributed by atoms with van der Waals surface area (Å²) in [5, 5.41) is 0.238. The predicted octanol–water partition coefficient (Wildman–Crippen LogP) is 4.70. The fourth-order valence-corrected chi connectivity index (χ4v) is 4.30. The molecule has 2 aromatic heterocycles. The number of amides is 1. The molecule has 6 heteroatoms. The average molecular weight is 410 g/mol. The summed E-state index contributed by atoms with van der Waals surface area (Å²) in [6.07, 6.45) is 9.12. The van der Waals surface area contributed by atoms with Crippen molar-refractivity contribution in [2.75, 3.05) is 0 Å². The average Bonchev–Trinajstić information content (AvgIpc) is 2.74. The van der Waals surface area contributed by atoms with E-state index in [1.807, 2.05) is 6.07 Å². The van der Waals surface area contributed by atoms with Gasteiger partial charge in [-0.15, -0.1) is 0 Å². The fraction of sp³-hybridized carbons (Fsp3) is 0.375. The lowest BCUT2D eigenvalue weighted by atomic mass is 9.77. The van der Waals surface area contributed by atoms with Crippen LogP contribution in [0.2, 0.25) is 0 Å². The number of carbonyl (C=O) groups is 1. The van der Waals surface area contributed by atoms with Crippen LogP contribution in [0.3, 0.4) is 0 Å². The Morgan fingerprint density at radius 3 is 2.77 bits per heavy atom. The number of rotatable bonds is 3. The number of H-pyrrole nitrogens is 1. The van der Waals surface area contributed by atoms with Gasteiger partial charge in [-0.05, 0) is 60.4 Å². The molecule has 2 atom stereocenters. The second kappa shape index (κ2) is 9.65. The molecule has 1 aliphatic rings. The highest BCUT2D eigenvalue weighted by atomic mass is 19.1. The van der Waals surface area contributed by atoms with Gasteiger partial charge >= 0.3 is 0 Å². The number of nitrogens with one attached hydrogen (secondary N) is 1. The third kappa shape index (κ3) is 4.93. The Balaban J connectivity index is 0.000000172. The lowest BCUT2D eigenvalue weighted by Crippen LogP contribution is -2.17. The molecule has 30 heavy (non-hydrogen) atoms. The number of pyridine rings is 2. The van der Waals surface area contributed by atoms with E-state index in [4.69, 9.17) is 5.73 Å². The summed E-state index contributed by atoms with van der Waals surface area (Å²) in [6, 6.07) is 8.29. The van der Waals surface area contributed by atoms with Crippen molar-refractivity contribution in [1.29, 1.82) is 0 Å². The molecule has 1 fully saturated rings. The summed E-state index contributed by atoms with van der Waals surface area (Å²) in [5.74, 6) is 0.699. The number of nitrogens with zero attached hydrogens (tertiary/aromatic N) is 1. The predicted molar refractivity (Wildman–Crippen MR) is 117 cm³/mol. The maximum atomic E-state index is 13.2. The lowest BCUT2D eigenvalue weighted by Gasteiger charge is -2.28. The maximum absolute atomic E-state index is 13.2. The summed E-state index contributed by atoms with van der Waals surface area (Å²) in [4.78, 5) is 29.0. The molecular weight excluding hydrogens is 381 g/mol. The first-order valence-electron chi connectivity index (χ1n) is 10.4. The Morgan fingerprint density at radius 2 is 2.07 bits per heavy atom. The maximum Gasteiger partial charge on any atom is 0.268 e. The molecule has 1 aromatic carbocycles. The van der Waals surface area contributed by atoms with Gasteiger partial charge in [-0.1, -0.05) is 32.8 Å². The molecule has 5 nitrogen and oxygen atoms in total. The summed E-state index contributed by atoms with van der Waals surface area (Å²) < 4.78 is 13.2. The molecule has 158 valence electrons. The van der Waals surface area contributed by atoms with Crippen molar-refractivity contribution in [2.45, 2.75) is 51.9 Å². The molecule has 1 aliphatic carbocycles. The zero-order valence-electron chi connectivity index (χ0n) is 17.5. The van der Waals surface area contributed by atoms with E-state index in [9.17, 15) is 14.0 Å². The first kappa shape index (κ1) is 21.7. The number of aryl methyl sites for hydroxylation is 1. The Morgan fingerprint density at radius 1 is 1.27 bits per heavy atom. The van der Waals surface area contributed by atoms with E-state index in [-0.39, 0.29) is 22.3 Å². The van der Waals surface area contributed by atoms with Crippen LogP contribution in [0.1, 0.15) is 67.1 Å². The third-order valence-electron chi connectivity index (χ3n) is 5.77. The van der Waals surface area contributed by atoms with Gasteiger partial charge in [0, 0.05) is 18.5 Å². The van der Waals surface area contributed by atoms with Gasteiger partial charge in [0.25, 0.3) is 5.91 Å². The smallest absolute Gasteiger partial charge is 0.268 e. The number of nitrogens with two attached hydrogens (primary N) is 1. The monoisotopic (exact) mass is 409 g/mol. The molecule has 3 N–H and O–H groups in total. The normalized spacial score (nSPS) is 18.5. The van der Waals surface area contributed by atoms with Crippen LogP contribution in [0.4, 0.5) is 4.39 Å². The molecule has 1 amide bonds. The van der Waals surface area contributed by atoms with Crippen molar-refractivity contribution in [3.05, 3.63) is 75.6 Å². The number of aromatic amines is 1. The number of halogens is 1. The summed E-state index contributed by atoms with van der Waals surface area (Å²) >= 11 is 0. The second-order valence-electron chi connectivity index (χ2n) is 7.95. The van der Waals surface area contributed by atoms with E-state index in [2.05, 4.69) is 23.8 Å². The van der Waals surface area contributed by atoms with Crippen LogP contribution < -0.4 is 11.2 Å². The third-order valence-corrected chi connectivity index (χ3v) is 5.77. The molecule has 0 unspecified atom stereocenters.